The van der Waals surface area contributed by atoms with Gasteiger partial charge in [0.05, 0.1) is 25.5 Å². The van der Waals surface area contributed by atoms with Crippen LogP contribution < -0.4 is 10.5 Å². The van der Waals surface area contributed by atoms with Gasteiger partial charge in [0.25, 0.3) is 0 Å². The average molecular weight is 354 g/mol. The second kappa shape index (κ2) is 8.04. The molecular weight excluding hydrogens is 340 g/mol. The first-order chi connectivity index (χ1) is 12.0. The summed E-state index contributed by atoms with van der Waals surface area (Å²) in [5, 5.41) is 19.3. The predicted molar refractivity (Wildman–Crippen MR) is 92.8 cm³/mol. The van der Waals surface area contributed by atoms with E-state index in [-0.39, 0.29) is 27.7 Å². The number of thioether (sulfide) groups is 1. The van der Waals surface area contributed by atoms with Gasteiger partial charge in [-0.15, -0.1) is 0 Å². The third-order valence-corrected chi connectivity index (χ3v) is 4.30. The summed E-state index contributed by atoms with van der Waals surface area (Å²) in [6.45, 7) is 0. The van der Waals surface area contributed by atoms with Crippen LogP contribution >= 0.6 is 11.8 Å². The lowest BCUT2D eigenvalue weighted by atomic mass is 9.97. The molecule has 2 rings (SSSR count). The first-order valence-corrected chi connectivity index (χ1v) is 8.02. The van der Waals surface area contributed by atoms with Crippen LogP contribution in [0.15, 0.2) is 29.3 Å². The van der Waals surface area contributed by atoms with Crippen LogP contribution in [0.25, 0.3) is 11.1 Å². The molecule has 0 radical (unpaired) electrons. The molecule has 1 aromatic heterocycles. The summed E-state index contributed by atoms with van der Waals surface area (Å²) in [5.41, 5.74) is 7.20. The molecule has 7 nitrogen and oxygen atoms in total. The number of ether oxygens (including phenoxy) is 2. The van der Waals surface area contributed by atoms with Crippen molar-refractivity contribution in [2.24, 2.45) is 0 Å². The minimum absolute atomic E-state index is 0.000293. The molecule has 25 heavy (non-hydrogen) atoms. The molecule has 0 aliphatic rings. The van der Waals surface area contributed by atoms with Crippen molar-refractivity contribution in [2.75, 3.05) is 25.7 Å². The minimum Gasteiger partial charge on any atom is -0.497 e. The van der Waals surface area contributed by atoms with E-state index in [4.69, 9.17) is 10.5 Å². The molecule has 0 spiro atoms. The number of pyridine rings is 1. The van der Waals surface area contributed by atoms with Gasteiger partial charge in [0.15, 0.2) is 0 Å². The van der Waals surface area contributed by atoms with Crippen molar-refractivity contribution in [1.29, 1.82) is 10.5 Å². The van der Waals surface area contributed by atoms with Gasteiger partial charge in [-0.05, 0) is 17.7 Å². The van der Waals surface area contributed by atoms with Crippen molar-refractivity contribution in [3.8, 4) is 29.0 Å². The number of benzene rings is 1. The SMILES string of the molecule is COC(=O)CSc1nc(N)c(C#N)c(-c2ccc(OC)cc2)c1C#N. The first-order valence-electron chi connectivity index (χ1n) is 7.03. The van der Waals surface area contributed by atoms with Gasteiger partial charge in [-0.3, -0.25) is 4.79 Å². The van der Waals surface area contributed by atoms with Crippen LogP contribution in [0.3, 0.4) is 0 Å². The summed E-state index contributed by atoms with van der Waals surface area (Å²) in [7, 11) is 2.82. The van der Waals surface area contributed by atoms with Gasteiger partial charge in [0.2, 0.25) is 0 Å². The van der Waals surface area contributed by atoms with Gasteiger partial charge in [0.1, 0.15) is 34.3 Å². The van der Waals surface area contributed by atoms with Crippen LogP contribution in [-0.4, -0.2) is 30.9 Å². The molecule has 0 atom stereocenters. The number of nitrogen functional groups attached to an aromatic ring is 1. The van der Waals surface area contributed by atoms with Gasteiger partial charge in [-0.2, -0.15) is 10.5 Å². The molecule has 0 unspecified atom stereocenters. The smallest absolute Gasteiger partial charge is 0.316 e. The van der Waals surface area contributed by atoms with Crippen molar-refractivity contribution in [1.82, 2.24) is 4.98 Å². The summed E-state index contributed by atoms with van der Waals surface area (Å²) >= 11 is 1.03. The summed E-state index contributed by atoms with van der Waals surface area (Å²) < 4.78 is 9.71. The summed E-state index contributed by atoms with van der Waals surface area (Å²) in [4.78, 5) is 15.5. The largest absolute Gasteiger partial charge is 0.497 e. The van der Waals surface area contributed by atoms with Crippen molar-refractivity contribution in [3.05, 3.63) is 35.4 Å². The van der Waals surface area contributed by atoms with Crippen LogP contribution in [0.5, 0.6) is 5.75 Å². The Balaban J connectivity index is 2.63. The highest BCUT2D eigenvalue weighted by Gasteiger charge is 2.21. The Morgan fingerprint density at radius 1 is 1.20 bits per heavy atom. The van der Waals surface area contributed by atoms with Crippen LogP contribution in [0.1, 0.15) is 11.1 Å². The van der Waals surface area contributed by atoms with Gasteiger partial charge < -0.3 is 15.2 Å². The van der Waals surface area contributed by atoms with Gasteiger partial charge in [0, 0.05) is 5.56 Å². The van der Waals surface area contributed by atoms with Gasteiger partial charge in [-0.25, -0.2) is 4.98 Å². The fourth-order valence-electron chi connectivity index (χ4n) is 2.14. The fraction of sp³-hybridized carbons (Fsp3) is 0.176. The van der Waals surface area contributed by atoms with Crippen LogP contribution in [0.2, 0.25) is 0 Å². The van der Waals surface area contributed by atoms with E-state index in [0.29, 0.717) is 16.9 Å². The molecule has 0 aliphatic heterocycles. The van der Waals surface area contributed by atoms with Gasteiger partial charge in [-0.1, -0.05) is 23.9 Å². The molecule has 2 aromatic rings. The Labute approximate surface area is 149 Å². The normalized spacial score (nSPS) is 9.76. The average Bonchev–Trinajstić information content (AvgIpc) is 2.65. The van der Waals surface area contributed by atoms with Crippen molar-refractivity contribution < 1.29 is 14.3 Å². The number of hydrogen-bond donors (Lipinski definition) is 1. The van der Waals surface area contributed by atoms with Crippen molar-refractivity contribution in [2.45, 2.75) is 5.03 Å². The number of nitrogens with zero attached hydrogens (tertiary/aromatic N) is 3. The second-order valence-corrected chi connectivity index (χ2v) is 5.71. The van der Waals surface area contributed by atoms with E-state index in [1.54, 1.807) is 31.4 Å². The van der Waals surface area contributed by atoms with Crippen LogP contribution in [0, 0.1) is 22.7 Å². The van der Waals surface area contributed by atoms with Crippen LogP contribution in [0.4, 0.5) is 5.82 Å². The lowest BCUT2D eigenvalue weighted by Crippen LogP contribution is -2.07. The Bertz CT molecular complexity index is 883. The molecule has 0 saturated heterocycles. The van der Waals surface area contributed by atoms with E-state index in [0.717, 1.165) is 11.8 Å². The number of aromatic nitrogens is 1. The van der Waals surface area contributed by atoms with Crippen molar-refractivity contribution in [3.63, 3.8) is 0 Å². The lowest BCUT2D eigenvalue weighted by Gasteiger charge is -2.13. The number of anilines is 1. The van der Waals surface area contributed by atoms with E-state index < -0.39 is 5.97 Å². The summed E-state index contributed by atoms with van der Waals surface area (Å²) in [5.74, 6) is 0.165. The van der Waals surface area contributed by atoms with E-state index in [1.165, 1.54) is 7.11 Å². The zero-order valence-electron chi connectivity index (χ0n) is 13.6. The summed E-state index contributed by atoms with van der Waals surface area (Å²) in [6, 6.07) is 10.9. The number of methoxy groups -OCH3 is 2. The molecule has 0 bridgehead atoms. The Kier molecular flexibility index (Phi) is 5.83. The highest BCUT2D eigenvalue weighted by molar-refractivity contribution is 7.99. The highest BCUT2D eigenvalue weighted by Crippen LogP contribution is 2.36. The quantitative estimate of drug-likeness (QED) is 0.641. The van der Waals surface area contributed by atoms with E-state index in [2.05, 4.69) is 15.8 Å². The molecule has 1 heterocycles. The predicted octanol–water partition coefficient (Wildman–Crippen LogP) is 2.35. The van der Waals surface area contributed by atoms with E-state index in [9.17, 15) is 15.3 Å². The molecule has 1 aromatic carbocycles. The molecule has 2 N–H and O–H groups in total. The maximum atomic E-state index is 11.4. The maximum Gasteiger partial charge on any atom is 0.316 e. The first kappa shape index (κ1) is 18.1. The Morgan fingerprint density at radius 2 is 1.84 bits per heavy atom. The van der Waals surface area contributed by atoms with E-state index in [1.807, 2.05) is 6.07 Å². The highest BCUT2D eigenvalue weighted by atomic mass is 32.2. The number of esters is 1. The summed E-state index contributed by atoms with van der Waals surface area (Å²) in [6.07, 6.45) is 0. The number of carbonyl (C=O) groups is 1. The van der Waals surface area contributed by atoms with Crippen LogP contribution in [-0.2, 0) is 9.53 Å². The minimum atomic E-state index is -0.454. The number of rotatable bonds is 5. The molecule has 8 heteroatoms. The standard InChI is InChI=1S/C17H14N4O3S/c1-23-11-5-3-10(4-6-11)15-12(7-18)16(20)21-17(13(15)8-19)25-9-14(22)24-2/h3-6H,9H2,1-2H3,(H2,20,21). The molecule has 0 aliphatic carbocycles. The number of hydrogen-bond acceptors (Lipinski definition) is 8. The molecular formula is C17H14N4O3S. The number of nitriles is 2. The Morgan fingerprint density at radius 3 is 2.36 bits per heavy atom. The second-order valence-electron chi connectivity index (χ2n) is 4.74. The maximum absolute atomic E-state index is 11.4. The molecule has 0 saturated carbocycles. The number of carbonyl (C=O) groups excluding carboxylic acids is 1. The monoisotopic (exact) mass is 354 g/mol. The molecule has 126 valence electrons. The molecule has 0 fully saturated rings. The fourth-order valence-corrected chi connectivity index (χ4v) is 2.96. The third-order valence-electron chi connectivity index (χ3n) is 3.35. The van der Waals surface area contributed by atoms with E-state index >= 15 is 0 Å². The topological polar surface area (TPSA) is 122 Å². The van der Waals surface area contributed by atoms with Crippen molar-refractivity contribution >= 4 is 23.5 Å². The zero-order valence-corrected chi connectivity index (χ0v) is 14.4. The lowest BCUT2D eigenvalue weighted by molar-refractivity contribution is -0.137. The Hall–Kier alpha value is -3.23. The molecule has 0 amide bonds. The zero-order chi connectivity index (χ0) is 18.4. The van der Waals surface area contributed by atoms with Gasteiger partial charge >= 0.3 is 5.97 Å². The number of nitrogens with two attached hydrogens (primary N) is 1. The third kappa shape index (κ3) is 3.82.